The quantitative estimate of drug-likeness (QED) is 0.530. The van der Waals surface area contributed by atoms with Gasteiger partial charge in [-0.1, -0.05) is 23.2 Å². The van der Waals surface area contributed by atoms with E-state index in [0.29, 0.717) is 24.5 Å². The molecule has 0 radical (unpaired) electrons. The highest BCUT2D eigenvalue weighted by Gasteiger charge is 2.33. The Balaban J connectivity index is 1.64. The Hall–Kier alpha value is -2.77. The van der Waals surface area contributed by atoms with Gasteiger partial charge in [0.15, 0.2) is 4.84 Å². The van der Waals surface area contributed by atoms with Crippen LogP contribution in [0, 0.1) is 17.1 Å². The van der Waals surface area contributed by atoms with Crippen LogP contribution < -0.4 is 15.1 Å². The van der Waals surface area contributed by atoms with Crippen molar-refractivity contribution in [3.63, 3.8) is 0 Å². The van der Waals surface area contributed by atoms with Crippen molar-refractivity contribution in [1.82, 2.24) is 10.3 Å². The summed E-state index contributed by atoms with van der Waals surface area (Å²) in [6.45, 7) is 1.31. The lowest BCUT2D eigenvalue weighted by Gasteiger charge is -2.29. The van der Waals surface area contributed by atoms with Gasteiger partial charge in [0.25, 0.3) is 5.91 Å². The molecule has 1 fully saturated rings. The first-order chi connectivity index (χ1) is 13.9. The summed E-state index contributed by atoms with van der Waals surface area (Å²) in [4.78, 5) is 25.2. The molecule has 1 aromatic rings. The SMILES string of the molecule is N#CCN1CCN(c2ccc(N3CC(CNC(=O)C(Cl)Cl)OC3=O)cc2F)C=N1. The van der Waals surface area contributed by atoms with Crippen LogP contribution in [0.25, 0.3) is 0 Å². The zero-order valence-electron chi connectivity index (χ0n) is 15.1. The van der Waals surface area contributed by atoms with Crippen molar-refractivity contribution >= 4 is 52.9 Å². The lowest BCUT2D eigenvalue weighted by Crippen LogP contribution is -2.38. The van der Waals surface area contributed by atoms with E-state index in [4.69, 9.17) is 33.2 Å². The largest absolute Gasteiger partial charge is 0.442 e. The predicted octanol–water partition coefficient (Wildman–Crippen LogP) is 1.66. The number of nitrogens with one attached hydrogen (secondary N) is 1. The van der Waals surface area contributed by atoms with Gasteiger partial charge in [-0.2, -0.15) is 10.4 Å². The molecule has 0 saturated carbocycles. The van der Waals surface area contributed by atoms with E-state index >= 15 is 0 Å². The number of ether oxygens (including phenoxy) is 1. The van der Waals surface area contributed by atoms with Gasteiger partial charge in [-0.3, -0.25) is 14.7 Å². The van der Waals surface area contributed by atoms with Gasteiger partial charge in [0.05, 0.1) is 37.1 Å². The standard InChI is InChI=1S/C17H17Cl2FN6O3/c18-15(19)16(27)22-8-12-9-26(17(28)29-12)11-1-2-14(13(20)7-11)24-5-6-25(4-3-21)23-10-24/h1-2,7,10,12,15H,4-6,8-9H2,(H,22,27). The number of hydrazone groups is 1. The van der Waals surface area contributed by atoms with E-state index in [1.54, 1.807) is 22.0 Å². The maximum Gasteiger partial charge on any atom is 0.414 e. The van der Waals surface area contributed by atoms with Gasteiger partial charge in [-0.25, -0.2) is 9.18 Å². The molecule has 3 rings (SSSR count). The fourth-order valence-electron chi connectivity index (χ4n) is 2.89. The minimum Gasteiger partial charge on any atom is -0.442 e. The fourth-order valence-corrected chi connectivity index (χ4v) is 3.04. The van der Waals surface area contributed by atoms with E-state index in [1.807, 2.05) is 6.07 Å². The second-order valence-corrected chi connectivity index (χ2v) is 7.36. The minimum atomic E-state index is -1.21. The van der Waals surface area contributed by atoms with Crippen LogP contribution in [-0.2, 0) is 9.53 Å². The summed E-state index contributed by atoms with van der Waals surface area (Å²) in [5.74, 6) is -1.12. The molecule has 1 aromatic carbocycles. The van der Waals surface area contributed by atoms with E-state index in [-0.39, 0.29) is 19.6 Å². The van der Waals surface area contributed by atoms with E-state index in [9.17, 15) is 14.0 Å². The van der Waals surface area contributed by atoms with Gasteiger partial charge >= 0.3 is 6.09 Å². The Bertz CT molecular complexity index is 862. The summed E-state index contributed by atoms with van der Waals surface area (Å²) in [6.07, 6.45) is 0.209. The molecule has 2 heterocycles. The number of rotatable bonds is 6. The van der Waals surface area contributed by atoms with Gasteiger partial charge in [0.2, 0.25) is 0 Å². The van der Waals surface area contributed by atoms with Crippen molar-refractivity contribution in [2.75, 3.05) is 42.5 Å². The molecule has 2 aliphatic rings. The Labute approximate surface area is 176 Å². The molecular formula is C17H17Cl2FN6O3. The van der Waals surface area contributed by atoms with Crippen LogP contribution in [0.15, 0.2) is 23.3 Å². The van der Waals surface area contributed by atoms with Crippen LogP contribution >= 0.6 is 23.2 Å². The van der Waals surface area contributed by atoms with Crippen molar-refractivity contribution in [1.29, 1.82) is 5.26 Å². The number of halogens is 3. The third-order valence-electron chi connectivity index (χ3n) is 4.34. The lowest BCUT2D eigenvalue weighted by atomic mass is 10.2. The van der Waals surface area contributed by atoms with Gasteiger partial charge in [-0.15, -0.1) is 0 Å². The molecule has 1 atom stereocenters. The average molecular weight is 443 g/mol. The maximum atomic E-state index is 14.7. The van der Waals surface area contributed by atoms with Gasteiger partial charge in [-0.05, 0) is 18.2 Å². The zero-order chi connectivity index (χ0) is 21.0. The van der Waals surface area contributed by atoms with Gasteiger partial charge in [0, 0.05) is 6.54 Å². The number of benzene rings is 1. The Morgan fingerprint density at radius 1 is 1.45 bits per heavy atom. The van der Waals surface area contributed by atoms with Gasteiger partial charge < -0.3 is 15.0 Å². The average Bonchev–Trinajstić information content (AvgIpc) is 3.07. The number of hydrogen-bond acceptors (Lipinski definition) is 7. The number of anilines is 2. The van der Waals surface area contributed by atoms with Gasteiger partial charge in [0.1, 0.15) is 24.8 Å². The molecule has 1 unspecified atom stereocenters. The van der Waals surface area contributed by atoms with E-state index in [1.165, 1.54) is 17.3 Å². The number of nitrogens with zero attached hydrogens (tertiary/aromatic N) is 5. The Kier molecular flexibility index (Phi) is 6.61. The van der Waals surface area contributed by atoms with Crippen LogP contribution in [0.4, 0.5) is 20.6 Å². The molecule has 0 aromatic heterocycles. The topological polar surface area (TPSA) is 101 Å². The van der Waals surface area contributed by atoms with Crippen molar-refractivity contribution in [2.24, 2.45) is 5.10 Å². The zero-order valence-corrected chi connectivity index (χ0v) is 16.6. The molecule has 2 amide bonds. The number of nitriles is 1. The second-order valence-electron chi connectivity index (χ2n) is 6.27. The number of amides is 2. The molecule has 154 valence electrons. The van der Waals surface area contributed by atoms with E-state index < -0.39 is 28.8 Å². The number of carbonyl (C=O) groups excluding carboxylic acids is 2. The molecule has 0 spiro atoms. The normalized spacial score (nSPS) is 18.8. The van der Waals surface area contributed by atoms with Crippen molar-refractivity contribution in [2.45, 2.75) is 10.9 Å². The predicted molar refractivity (Wildman–Crippen MR) is 106 cm³/mol. The second kappa shape index (κ2) is 9.15. The molecule has 12 heteroatoms. The highest BCUT2D eigenvalue weighted by molar-refractivity contribution is 6.53. The summed E-state index contributed by atoms with van der Waals surface area (Å²) in [7, 11) is 0. The number of hydrogen-bond donors (Lipinski definition) is 1. The van der Waals surface area contributed by atoms with Crippen LogP contribution in [0.1, 0.15) is 0 Å². The highest BCUT2D eigenvalue weighted by atomic mass is 35.5. The van der Waals surface area contributed by atoms with Crippen LogP contribution in [0.5, 0.6) is 0 Å². The summed E-state index contributed by atoms with van der Waals surface area (Å²) in [6, 6.07) is 6.39. The van der Waals surface area contributed by atoms with Crippen molar-refractivity contribution in [3.05, 3.63) is 24.0 Å². The molecule has 1 N–H and O–H groups in total. The van der Waals surface area contributed by atoms with Crippen LogP contribution in [0.2, 0.25) is 0 Å². The van der Waals surface area contributed by atoms with Crippen molar-refractivity contribution < 1.29 is 18.7 Å². The lowest BCUT2D eigenvalue weighted by molar-refractivity contribution is -0.119. The fraction of sp³-hybridized carbons (Fsp3) is 0.412. The highest BCUT2D eigenvalue weighted by Crippen LogP contribution is 2.28. The molecule has 0 bridgehead atoms. The summed E-state index contributed by atoms with van der Waals surface area (Å²) in [5.41, 5.74) is 0.637. The summed E-state index contributed by atoms with van der Waals surface area (Å²) in [5, 5.41) is 16.8. The molecule has 0 aliphatic carbocycles. The third kappa shape index (κ3) is 4.99. The van der Waals surface area contributed by atoms with Crippen molar-refractivity contribution in [3.8, 4) is 6.07 Å². The summed E-state index contributed by atoms with van der Waals surface area (Å²) < 4.78 is 19.8. The maximum absolute atomic E-state index is 14.7. The number of alkyl halides is 2. The Morgan fingerprint density at radius 2 is 2.24 bits per heavy atom. The first kappa shape index (κ1) is 21.0. The Morgan fingerprint density at radius 3 is 2.86 bits per heavy atom. The molecular weight excluding hydrogens is 426 g/mol. The van der Waals surface area contributed by atoms with E-state index in [2.05, 4.69) is 10.4 Å². The van der Waals surface area contributed by atoms with E-state index in [0.717, 1.165) is 0 Å². The third-order valence-corrected chi connectivity index (χ3v) is 4.73. The molecule has 29 heavy (non-hydrogen) atoms. The molecule has 1 saturated heterocycles. The van der Waals surface area contributed by atoms with Crippen LogP contribution in [-0.4, -0.2) is 67.0 Å². The molecule has 2 aliphatic heterocycles. The minimum absolute atomic E-state index is 0.0427. The monoisotopic (exact) mass is 442 g/mol. The smallest absolute Gasteiger partial charge is 0.414 e. The number of cyclic esters (lactones) is 1. The first-order valence-electron chi connectivity index (χ1n) is 8.65. The number of carbonyl (C=O) groups is 2. The summed E-state index contributed by atoms with van der Waals surface area (Å²) >= 11 is 10.9. The van der Waals surface area contributed by atoms with Crippen LogP contribution in [0.3, 0.4) is 0 Å². The molecule has 9 nitrogen and oxygen atoms in total. The first-order valence-corrected chi connectivity index (χ1v) is 9.52.